The Kier molecular flexibility index (Phi) is 4.39. The van der Waals surface area contributed by atoms with Gasteiger partial charge >= 0.3 is 0 Å². The molecule has 5 rings (SSSR count). The second kappa shape index (κ2) is 7.21. The molecule has 2 bridgehead atoms. The smallest absolute Gasteiger partial charge is 0.227 e. The number of carbonyl (C=O) groups excluding carboxylic acids is 1. The lowest BCUT2D eigenvalue weighted by atomic mass is 10.0. The number of piperazine rings is 1. The van der Waals surface area contributed by atoms with Gasteiger partial charge in [0.1, 0.15) is 17.8 Å². The van der Waals surface area contributed by atoms with Crippen LogP contribution in [0.2, 0.25) is 0 Å². The standard InChI is InChI=1S/C22H22N6O/c23-8-6-15-2-1-3-16(10-15)11-20(29)28-17-4-5-18(28)13-27(12-17)22-19-7-9-24-21(19)25-14-26-22/h1-3,7,9-10,14,17-18H,4-6,11-13H2,(H,24,25,26). The lowest BCUT2D eigenvalue weighted by Crippen LogP contribution is -2.56. The quantitative estimate of drug-likeness (QED) is 0.744. The Balaban J connectivity index is 1.33. The summed E-state index contributed by atoms with van der Waals surface area (Å²) in [6.07, 6.45) is 6.31. The Morgan fingerprint density at radius 3 is 2.76 bits per heavy atom. The van der Waals surface area contributed by atoms with Gasteiger partial charge in [-0.05, 0) is 30.0 Å². The molecular formula is C22H22N6O. The maximum Gasteiger partial charge on any atom is 0.227 e. The number of anilines is 1. The van der Waals surface area contributed by atoms with E-state index >= 15 is 0 Å². The number of nitrogens with zero attached hydrogens (tertiary/aromatic N) is 5. The first-order valence-electron chi connectivity index (χ1n) is 10.0. The molecule has 0 spiro atoms. The molecule has 2 unspecified atom stereocenters. The number of H-pyrrole nitrogens is 1. The van der Waals surface area contributed by atoms with E-state index in [4.69, 9.17) is 5.26 Å². The Bertz CT molecular complexity index is 1090. The van der Waals surface area contributed by atoms with Gasteiger partial charge < -0.3 is 14.8 Å². The minimum atomic E-state index is 0.181. The first-order chi connectivity index (χ1) is 14.2. The molecule has 2 atom stereocenters. The van der Waals surface area contributed by atoms with Crippen LogP contribution in [0.25, 0.3) is 11.0 Å². The third-order valence-corrected chi connectivity index (χ3v) is 6.03. The summed E-state index contributed by atoms with van der Waals surface area (Å²) in [6.45, 7) is 1.60. The average molecular weight is 386 g/mol. The van der Waals surface area contributed by atoms with Crippen LogP contribution in [0.5, 0.6) is 0 Å². The van der Waals surface area contributed by atoms with Gasteiger partial charge in [-0.2, -0.15) is 5.26 Å². The highest BCUT2D eigenvalue weighted by Gasteiger charge is 2.42. The van der Waals surface area contributed by atoms with E-state index in [1.165, 1.54) is 0 Å². The summed E-state index contributed by atoms with van der Waals surface area (Å²) in [5, 5.41) is 9.93. The SMILES string of the molecule is N#CCc1cccc(CC(=O)N2C3CCC2CN(c2ncnc4[nH]ccc24)C3)c1. The number of hydrogen-bond donors (Lipinski definition) is 1. The van der Waals surface area contributed by atoms with Crippen LogP contribution in [0.15, 0.2) is 42.9 Å². The maximum atomic E-state index is 13.1. The average Bonchev–Trinajstić information content (AvgIpc) is 3.30. The molecule has 4 heterocycles. The van der Waals surface area contributed by atoms with E-state index < -0.39 is 0 Å². The van der Waals surface area contributed by atoms with Gasteiger partial charge in [0.2, 0.25) is 5.91 Å². The van der Waals surface area contributed by atoms with Gasteiger partial charge in [0.05, 0.1) is 24.3 Å². The zero-order valence-electron chi connectivity index (χ0n) is 16.1. The lowest BCUT2D eigenvalue weighted by Gasteiger charge is -2.41. The van der Waals surface area contributed by atoms with Crippen LogP contribution >= 0.6 is 0 Å². The molecule has 3 aromatic rings. The number of aromatic nitrogens is 3. The summed E-state index contributed by atoms with van der Waals surface area (Å²) in [5.41, 5.74) is 2.79. The first kappa shape index (κ1) is 17.7. The number of nitrogens with one attached hydrogen (secondary N) is 1. The molecular weight excluding hydrogens is 364 g/mol. The van der Waals surface area contributed by atoms with Gasteiger partial charge in [-0.3, -0.25) is 4.79 Å². The molecule has 1 N–H and O–H groups in total. The first-order valence-corrected chi connectivity index (χ1v) is 10.0. The van der Waals surface area contributed by atoms with Crippen molar-refractivity contribution in [2.45, 2.75) is 37.8 Å². The maximum absolute atomic E-state index is 13.1. The van der Waals surface area contributed by atoms with Crippen molar-refractivity contribution < 1.29 is 4.79 Å². The van der Waals surface area contributed by atoms with Crippen molar-refractivity contribution in [1.82, 2.24) is 19.9 Å². The number of benzene rings is 1. The van der Waals surface area contributed by atoms with E-state index in [1.807, 2.05) is 36.5 Å². The van der Waals surface area contributed by atoms with Gasteiger partial charge in [0.15, 0.2) is 0 Å². The number of fused-ring (bicyclic) bond motifs is 3. The van der Waals surface area contributed by atoms with Crippen molar-refractivity contribution in [3.05, 3.63) is 54.0 Å². The van der Waals surface area contributed by atoms with Crippen molar-refractivity contribution >= 4 is 22.8 Å². The lowest BCUT2D eigenvalue weighted by molar-refractivity contribution is -0.133. The number of amides is 1. The number of carbonyl (C=O) groups is 1. The molecule has 2 saturated heterocycles. The minimum absolute atomic E-state index is 0.181. The monoisotopic (exact) mass is 386 g/mol. The molecule has 2 aliphatic rings. The van der Waals surface area contributed by atoms with Gasteiger partial charge in [-0.15, -0.1) is 0 Å². The summed E-state index contributed by atoms with van der Waals surface area (Å²) in [5.74, 6) is 1.13. The van der Waals surface area contributed by atoms with E-state index in [9.17, 15) is 4.79 Å². The number of rotatable bonds is 4. The van der Waals surface area contributed by atoms with Crippen molar-refractivity contribution in [3.8, 4) is 6.07 Å². The van der Waals surface area contributed by atoms with Crippen LogP contribution < -0.4 is 4.90 Å². The van der Waals surface area contributed by atoms with Crippen molar-refractivity contribution in [2.24, 2.45) is 0 Å². The highest BCUT2D eigenvalue weighted by Crippen LogP contribution is 2.34. The number of hydrogen-bond acceptors (Lipinski definition) is 5. The van der Waals surface area contributed by atoms with Crippen LogP contribution in [0.4, 0.5) is 5.82 Å². The van der Waals surface area contributed by atoms with Gasteiger partial charge in [0.25, 0.3) is 0 Å². The topological polar surface area (TPSA) is 88.9 Å². The van der Waals surface area contributed by atoms with E-state index in [-0.39, 0.29) is 18.0 Å². The second-order valence-electron chi connectivity index (χ2n) is 7.86. The van der Waals surface area contributed by atoms with Gasteiger partial charge in [-0.1, -0.05) is 24.3 Å². The van der Waals surface area contributed by atoms with E-state index in [0.717, 1.165) is 53.9 Å². The normalized spacial score (nSPS) is 20.8. The van der Waals surface area contributed by atoms with Gasteiger partial charge in [0, 0.05) is 31.4 Å². The molecule has 1 aromatic carbocycles. The van der Waals surface area contributed by atoms with Crippen molar-refractivity contribution in [3.63, 3.8) is 0 Å². The van der Waals surface area contributed by atoms with Crippen LogP contribution in [0.1, 0.15) is 24.0 Å². The van der Waals surface area contributed by atoms with Crippen LogP contribution in [-0.4, -0.2) is 50.9 Å². The fourth-order valence-electron chi connectivity index (χ4n) is 4.80. The molecule has 2 aromatic heterocycles. The fourth-order valence-corrected chi connectivity index (χ4v) is 4.80. The Morgan fingerprint density at radius 1 is 1.17 bits per heavy atom. The zero-order valence-corrected chi connectivity index (χ0v) is 16.1. The Labute approximate surface area is 169 Å². The second-order valence-corrected chi connectivity index (χ2v) is 7.86. The summed E-state index contributed by atoms with van der Waals surface area (Å²) in [7, 11) is 0. The molecule has 2 fully saturated rings. The van der Waals surface area contributed by atoms with Crippen LogP contribution in [-0.2, 0) is 17.6 Å². The number of aromatic amines is 1. The van der Waals surface area contributed by atoms with E-state index in [2.05, 4.69) is 30.8 Å². The Hall–Kier alpha value is -3.40. The van der Waals surface area contributed by atoms with Crippen molar-refractivity contribution in [2.75, 3.05) is 18.0 Å². The predicted molar refractivity (Wildman–Crippen MR) is 109 cm³/mol. The molecule has 7 heteroatoms. The van der Waals surface area contributed by atoms with Crippen LogP contribution in [0, 0.1) is 11.3 Å². The minimum Gasteiger partial charge on any atom is -0.352 e. The molecule has 1 amide bonds. The molecule has 146 valence electrons. The fraction of sp³-hybridized carbons (Fsp3) is 0.364. The summed E-state index contributed by atoms with van der Waals surface area (Å²) < 4.78 is 0. The number of nitriles is 1. The van der Waals surface area contributed by atoms with Gasteiger partial charge in [-0.25, -0.2) is 9.97 Å². The molecule has 29 heavy (non-hydrogen) atoms. The summed E-state index contributed by atoms with van der Waals surface area (Å²) >= 11 is 0. The molecule has 0 radical (unpaired) electrons. The van der Waals surface area contributed by atoms with Crippen LogP contribution in [0.3, 0.4) is 0 Å². The highest BCUT2D eigenvalue weighted by atomic mass is 16.2. The molecule has 0 saturated carbocycles. The molecule has 2 aliphatic heterocycles. The van der Waals surface area contributed by atoms with E-state index in [1.54, 1.807) is 6.33 Å². The zero-order chi connectivity index (χ0) is 19.8. The molecule has 7 nitrogen and oxygen atoms in total. The highest BCUT2D eigenvalue weighted by molar-refractivity contribution is 5.87. The third-order valence-electron chi connectivity index (χ3n) is 6.03. The summed E-state index contributed by atoms with van der Waals surface area (Å²) in [6, 6.07) is 12.4. The predicted octanol–water partition coefficient (Wildman–Crippen LogP) is 2.45. The Morgan fingerprint density at radius 2 is 1.97 bits per heavy atom. The largest absolute Gasteiger partial charge is 0.352 e. The third kappa shape index (κ3) is 3.21. The molecule has 0 aliphatic carbocycles. The summed E-state index contributed by atoms with van der Waals surface area (Å²) in [4.78, 5) is 29.5. The van der Waals surface area contributed by atoms with E-state index in [0.29, 0.717) is 12.8 Å². The van der Waals surface area contributed by atoms with Crippen molar-refractivity contribution in [1.29, 1.82) is 5.26 Å².